The third-order valence-electron chi connectivity index (χ3n) is 9.99. The van der Waals surface area contributed by atoms with Crippen LogP contribution in [0.3, 0.4) is 0 Å². The van der Waals surface area contributed by atoms with Gasteiger partial charge in [0.25, 0.3) is 0 Å². The molecule has 3 aliphatic rings. The fourth-order valence-corrected chi connectivity index (χ4v) is 6.77. The van der Waals surface area contributed by atoms with Crippen LogP contribution in [-0.4, -0.2) is 142 Å². The maximum atomic E-state index is 13.6. The summed E-state index contributed by atoms with van der Waals surface area (Å²) in [7, 11) is 0. The molecule has 2 fully saturated rings. The Morgan fingerprint density at radius 3 is 2.17 bits per heavy atom. The highest BCUT2D eigenvalue weighted by Crippen LogP contribution is 2.41. The number of esters is 1. The Morgan fingerprint density at radius 1 is 0.862 bits per heavy atom. The first-order valence-corrected chi connectivity index (χ1v) is 17.8. The minimum atomic E-state index is -2.24. The molecule has 314 valence electrons. The summed E-state index contributed by atoms with van der Waals surface area (Å²) in [5, 5.41) is 117. The van der Waals surface area contributed by atoms with Crippen molar-refractivity contribution in [2.45, 2.75) is 93.8 Å². The van der Waals surface area contributed by atoms with Gasteiger partial charge in [-0.1, -0.05) is 13.0 Å². The molecule has 0 aliphatic carbocycles. The van der Waals surface area contributed by atoms with Gasteiger partial charge in [-0.3, -0.25) is 4.79 Å². The van der Waals surface area contributed by atoms with Crippen molar-refractivity contribution in [1.29, 1.82) is 0 Å². The standard InChI is InChI=1S/C37H42N2O19/c1-2-13-5-12(11-39-33(13)38)6-16-20(10-21-22(24(16)44)17(41)9-19(54-21)15-7-14(3-4-40)23(43)18(42)8-15)55-36-29(49)26(46)28(48)32(57-36)35(53)58-37-30(50)25(45)27(47)31(56-37)34(51)52/h5,7-11,25-33,36-37,39-40,42-50H,2-4,6,38H2,1H3,(H,51,52)/t25-,26-,27-,28-,29+,30+,31-,32-,33?,36-,37+/m0/s1. The molecular formula is C37H42N2O19. The van der Waals surface area contributed by atoms with Crippen LogP contribution in [-0.2, 0) is 36.6 Å². The molecule has 21 heteroatoms. The van der Waals surface area contributed by atoms with Crippen molar-refractivity contribution in [2.24, 2.45) is 5.73 Å². The Bertz CT molecular complexity index is 2190. The molecule has 6 rings (SSSR count). The molecule has 0 spiro atoms. The molecule has 3 aliphatic heterocycles. The van der Waals surface area contributed by atoms with E-state index in [9.17, 15) is 70.6 Å². The van der Waals surface area contributed by atoms with Gasteiger partial charge in [0.1, 0.15) is 64.9 Å². The number of carboxylic acid groups (broad SMARTS) is 1. The van der Waals surface area contributed by atoms with E-state index in [0.29, 0.717) is 12.0 Å². The van der Waals surface area contributed by atoms with Gasteiger partial charge in [0.15, 0.2) is 29.1 Å². The van der Waals surface area contributed by atoms with Gasteiger partial charge in [-0.25, -0.2) is 9.59 Å². The van der Waals surface area contributed by atoms with Crippen molar-refractivity contribution in [1.82, 2.24) is 5.32 Å². The lowest BCUT2D eigenvalue weighted by atomic mass is 9.96. The van der Waals surface area contributed by atoms with Gasteiger partial charge in [-0.2, -0.15) is 0 Å². The Kier molecular flexibility index (Phi) is 12.3. The first kappa shape index (κ1) is 42.3. The Labute approximate surface area is 326 Å². The first-order valence-electron chi connectivity index (χ1n) is 17.8. The van der Waals surface area contributed by atoms with E-state index in [-0.39, 0.29) is 52.0 Å². The number of fused-ring (bicyclic) bond motifs is 1. The quantitative estimate of drug-likeness (QED) is 0.0696. The highest BCUT2D eigenvalue weighted by molar-refractivity contribution is 5.88. The number of phenols is 3. The Morgan fingerprint density at radius 2 is 1.52 bits per heavy atom. The Balaban J connectivity index is 1.39. The molecule has 1 aromatic heterocycles. The molecule has 1 unspecified atom stereocenters. The number of carbonyl (C=O) groups excluding carboxylic acids is 1. The molecule has 0 saturated carbocycles. The van der Waals surface area contributed by atoms with Crippen LogP contribution >= 0.6 is 0 Å². The lowest BCUT2D eigenvalue weighted by Gasteiger charge is -2.41. The molecule has 0 amide bonds. The topological polar surface area (TPSA) is 362 Å². The minimum Gasteiger partial charge on any atom is -0.507 e. The van der Waals surface area contributed by atoms with E-state index >= 15 is 0 Å². The molecule has 0 bridgehead atoms. The SMILES string of the molecule is CCC1=CC(Cc2c(O[C@H]3O[C@H](C(=O)O[C@H]4O[C@H](C(=O)O)[C@@H](O)[C@H](O)[C@H]4O)[C@@H](O)[C@H](O)[C@H]3O)cc3oc(-c4cc(O)c(O)c(CCO)c4)cc(=O)c3c2O)=CNC1N. The number of hydrogen-bond donors (Lipinski definition) is 13. The van der Waals surface area contributed by atoms with Crippen molar-refractivity contribution in [3.63, 3.8) is 0 Å². The van der Waals surface area contributed by atoms with E-state index in [2.05, 4.69) is 5.32 Å². The summed E-state index contributed by atoms with van der Waals surface area (Å²) in [6.07, 6.45) is -18.7. The zero-order valence-corrected chi connectivity index (χ0v) is 30.4. The van der Waals surface area contributed by atoms with Crippen LogP contribution in [0, 0.1) is 0 Å². The zero-order valence-electron chi connectivity index (χ0n) is 30.4. The molecule has 4 heterocycles. The number of benzene rings is 2. The number of allylic oxidation sites excluding steroid dienone is 2. The van der Waals surface area contributed by atoms with Gasteiger partial charge in [0.05, 0.1) is 6.17 Å². The number of nitrogens with one attached hydrogen (secondary N) is 1. The second-order valence-corrected chi connectivity index (χ2v) is 13.8. The average molecular weight is 819 g/mol. The molecule has 14 N–H and O–H groups in total. The van der Waals surface area contributed by atoms with Crippen LogP contribution in [0.15, 0.2) is 56.9 Å². The number of phenolic OH excluding ortho intramolecular Hbond substituents is 3. The largest absolute Gasteiger partial charge is 0.507 e. The number of aromatic hydroxyl groups is 3. The predicted octanol–water partition coefficient (Wildman–Crippen LogP) is -2.62. The number of aliphatic carboxylic acids is 1. The minimum absolute atomic E-state index is 0.0714. The van der Waals surface area contributed by atoms with Crippen molar-refractivity contribution < 1.29 is 89.1 Å². The number of carboxylic acids is 1. The van der Waals surface area contributed by atoms with Crippen LogP contribution in [0.1, 0.15) is 24.5 Å². The number of dihydropyridines is 1. The van der Waals surface area contributed by atoms with Crippen molar-refractivity contribution in [2.75, 3.05) is 6.61 Å². The molecule has 3 aromatic rings. The van der Waals surface area contributed by atoms with Gasteiger partial charge < -0.3 is 90.6 Å². The summed E-state index contributed by atoms with van der Waals surface area (Å²) in [6.45, 7) is 1.47. The second-order valence-electron chi connectivity index (χ2n) is 13.8. The number of aliphatic hydroxyl groups is 7. The van der Waals surface area contributed by atoms with Crippen LogP contribution in [0.5, 0.6) is 23.0 Å². The fraction of sp³-hybridized carbons (Fsp3) is 0.432. The van der Waals surface area contributed by atoms with E-state index in [4.69, 9.17) is 29.1 Å². The highest BCUT2D eigenvalue weighted by Gasteiger charge is 2.52. The molecule has 21 nitrogen and oxygen atoms in total. The van der Waals surface area contributed by atoms with Gasteiger partial charge in [0.2, 0.25) is 12.6 Å². The van der Waals surface area contributed by atoms with Crippen LogP contribution in [0.4, 0.5) is 0 Å². The number of carbonyl (C=O) groups is 2. The van der Waals surface area contributed by atoms with Crippen molar-refractivity contribution in [3.8, 4) is 34.3 Å². The number of nitrogens with two attached hydrogens (primary N) is 1. The lowest BCUT2D eigenvalue weighted by molar-refractivity contribution is -0.302. The summed E-state index contributed by atoms with van der Waals surface area (Å²) in [4.78, 5) is 38.5. The second kappa shape index (κ2) is 16.9. The van der Waals surface area contributed by atoms with Crippen LogP contribution in [0.25, 0.3) is 22.3 Å². The lowest BCUT2D eigenvalue weighted by Crippen LogP contribution is -2.63. The van der Waals surface area contributed by atoms with Crippen LogP contribution in [0.2, 0.25) is 0 Å². The monoisotopic (exact) mass is 818 g/mol. The van der Waals surface area contributed by atoms with Gasteiger partial charge in [-0.15, -0.1) is 0 Å². The van der Waals surface area contributed by atoms with Gasteiger partial charge in [0, 0.05) is 48.1 Å². The number of hydrogen-bond acceptors (Lipinski definition) is 20. The fourth-order valence-electron chi connectivity index (χ4n) is 6.77. The van der Waals surface area contributed by atoms with E-state index in [1.54, 1.807) is 12.3 Å². The molecule has 58 heavy (non-hydrogen) atoms. The predicted molar refractivity (Wildman–Crippen MR) is 193 cm³/mol. The normalized spacial score (nSPS) is 29.9. The maximum absolute atomic E-state index is 13.6. The van der Waals surface area contributed by atoms with E-state index < -0.39 is 109 Å². The number of rotatable bonds is 11. The van der Waals surface area contributed by atoms with Crippen LogP contribution < -0.4 is 21.2 Å². The summed E-state index contributed by atoms with van der Waals surface area (Å²) >= 11 is 0. The molecule has 2 aromatic carbocycles. The summed E-state index contributed by atoms with van der Waals surface area (Å²) < 4.78 is 27.4. The Hall–Kier alpha value is -5.33. The zero-order chi connectivity index (χ0) is 42.3. The van der Waals surface area contributed by atoms with E-state index in [1.807, 2.05) is 6.92 Å². The van der Waals surface area contributed by atoms with E-state index in [1.165, 1.54) is 6.07 Å². The molecule has 11 atom stereocenters. The third kappa shape index (κ3) is 8.04. The smallest absolute Gasteiger partial charge is 0.340 e. The number of aliphatic hydroxyl groups excluding tert-OH is 7. The highest BCUT2D eigenvalue weighted by atomic mass is 16.7. The molecule has 0 radical (unpaired) electrons. The summed E-state index contributed by atoms with van der Waals surface area (Å²) in [6, 6.07) is 4.59. The van der Waals surface area contributed by atoms with Gasteiger partial charge in [-0.05, 0) is 36.1 Å². The molecular weight excluding hydrogens is 776 g/mol. The van der Waals surface area contributed by atoms with Gasteiger partial charge >= 0.3 is 11.9 Å². The van der Waals surface area contributed by atoms with E-state index in [0.717, 1.165) is 23.8 Å². The third-order valence-corrected chi connectivity index (χ3v) is 9.99. The summed E-state index contributed by atoms with van der Waals surface area (Å²) in [5.41, 5.74) is 6.42. The van der Waals surface area contributed by atoms with Crippen molar-refractivity contribution >= 4 is 22.9 Å². The summed E-state index contributed by atoms with van der Waals surface area (Å²) in [5.74, 6) is -5.66. The maximum Gasteiger partial charge on any atom is 0.340 e. The first-order chi connectivity index (χ1) is 27.4. The molecule has 2 saturated heterocycles. The number of ether oxygens (including phenoxy) is 4. The van der Waals surface area contributed by atoms with Crippen molar-refractivity contribution in [3.05, 3.63) is 69.0 Å². The average Bonchev–Trinajstić information content (AvgIpc) is 3.18.